The number of alkyl halides is 1. The molecule has 0 saturated carbocycles. The molecule has 0 amide bonds. The third kappa shape index (κ3) is 2.81. The molecule has 1 nitrogen and oxygen atoms in total. The number of nitrogens with one attached hydrogen (secondary N) is 1. The normalized spacial score (nSPS) is 35.3. The number of hydrogen-bond acceptors (Lipinski definition) is 1. The molecule has 0 bridgehead atoms. The van der Waals surface area contributed by atoms with Gasteiger partial charge in [0, 0.05) is 5.54 Å². The van der Waals surface area contributed by atoms with E-state index >= 15 is 0 Å². The lowest BCUT2D eigenvalue weighted by Gasteiger charge is -2.46. The molecule has 0 aliphatic carbocycles. The highest BCUT2D eigenvalue weighted by Crippen LogP contribution is 2.36. The molecule has 2 atom stereocenters. The molecule has 1 saturated heterocycles. The van der Waals surface area contributed by atoms with E-state index in [1.54, 1.807) is 0 Å². The Balaban J connectivity index is 0.00000144. The van der Waals surface area contributed by atoms with Crippen molar-refractivity contribution < 1.29 is 4.39 Å². The third-order valence-corrected chi connectivity index (χ3v) is 3.26. The van der Waals surface area contributed by atoms with E-state index in [-0.39, 0.29) is 23.4 Å². The molecule has 3 heteroatoms. The lowest BCUT2D eigenvalue weighted by Crippen LogP contribution is -2.57. The lowest BCUT2D eigenvalue weighted by atomic mass is 9.70. The Hall–Kier alpha value is 0.180. The van der Waals surface area contributed by atoms with Crippen molar-refractivity contribution in [2.75, 3.05) is 6.54 Å². The van der Waals surface area contributed by atoms with E-state index in [0.717, 1.165) is 6.54 Å². The predicted octanol–water partition coefficient (Wildman–Crippen LogP) is 2.93. The van der Waals surface area contributed by atoms with Gasteiger partial charge in [0.15, 0.2) is 0 Å². The fraction of sp³-hybridized carbons (Fsp3) is 1.00. The number of halogens is 2. The maximum atomic E-state index is 13.2. The van der Waals surface area contributed by atoms with Crippen LogP contribution in [0.15, 0.2) is 0 Å². The van der Waals surface area contributed by atoms with E-state index in [4.69, 9.17) is 0 Å². The van der Waals surface area contributed by atoms with Crippen molar-refractivity contribution in [1.82, 2.24) is 5.32 Å². The van der Waals surface area contributed by atoms with Gasteiger partial charge in [-0.25, -0.2) is 4.39 Å². The Labute approximate surface area is 86.9 Å². The first kappa shape index (κ1) is 13.2. The molecule has 1 N–H and O–H groups in total. The maximum Gasteiger partial charge on any atom is 0.103 e. The molecule has 80 valence electrons. The van der Waals surface area contributed by atoms with Crippen LogP contribution < -0.4 is 5.32 Å². The molecule has 1 aliphatic rings. The first-order valence-electron chi connectivity index (χ1n) is 4.74. The van der Waals surface area contributed by atoms with Crippen LogP contribution in [0.1, 0.15) is 40.5 Å². The molecule has 13 heavy (non-hydrogen) atoms. The molecule has 1 aliphatic heterocycles. The van der Waals surface area contributed by atoms with E-state index in [1.807, 2.05) is 0 Å². The molecule has 0 aromatic rings. The molecule has 0 aromatic carbocycles. The Morgan fingerprint density at radius 3 is 2.23 bits per heavy atom. The first-order valence-corrected chi connectivity index (χ1v) is 4.74. The van der Waals surface area contributed by atoms with Crippen molar-refractivity contribution in [1.29, 1.82) is 0 Å². The zero-order chi connectivity index (χ0) is 9.41. The SMILES string of the molecule is CC(C)(C)C1(C)CC(F)CCN1.Cl. The molecule has 0 spiro atoms. The van der Waals surface area contributed by atoms with E-state index < -0.39 is 6.17 Å². The highest BCUT2D eigenvalue weighted by Gasteiger charge is 2.41. The third-order valence-electron chi connectivity index (χ3n) is 3.26. The summed E-state index contributed by atoms with van der Waals surface area (Å²) in [4.78, 5) is 0. The first-order chi connectivity index (χ1) is 5.35. The van der Waals surface area contributed by atoms with E-state index in [9.17, 15) is 4.39 Å². The average Bonchev–Trinajstić information content (AvgIpc) is 1.83. The van der Waals surface area contributed by atoms with Crippen LogP contribution >= 0.6 is 12.4 Å². The van der Waals surface area contributed by atoms with Crippen LogP contribution in [0.5, 0.6) is 0 Å². The van der Waals surface area contributed by atoms with Gasteiger partial charge >= 0.3 is 0 Å². The minimum Gasteiger partial charge on any atom is -0.311 e. The molecule has 1 heterocycles. The molecular formula is C10H21ClFN. The molecule has 0 aromatic heterocycles. The van der Waals surface area contributed by atoms with Crippen LogP contribution in [-0.2, 0) is 0 Å². The summed E-state index contributed by atoms with van der Waals surface area (Å²) in [7, 11) is 0. The van der Waals surface area contributed by atoms with Crippen molar-refractivity contribution in [2.24, 2.45) is 5.41 Å². The van der Waals surface area contributed by atoms with Crippen molar-refractivity contribution in [3.05, 3.63) is 0 Å². The van der Waals surface area contributed by atoms with Crippen LogP contribution in [0.3, 0.4) is 0 Å². The van der Waals surface area contributed by atoms with E-state index in [1.165, 1.54) is 0 Å². The highest BCUT2D eigenvalue weighted by atomic mass is 35.5. The molecule has 0 radical (unpaired) electrons. The van der Waals surface area contributed by atoms with Crippen LogP contribution in [0.25, 0.3) is 0 Å². The van der Waals surface area contributed by atoms with Crippen molar-refractivity contribution in [3.63, 3.8) is 0 Å². The summed E-state index contributed by atoms with van der Waals surface area (Å²) in [5.41, 5.74) is 0.0996. The van der Waals surface area contributed by atoms with Gasteiger partial charge in [-0.2, -0.15) is 0 Å². The lowest BCUT2D eigenvalue weighted by molar-refractivity contribution is 0.0729. The summed E-state index contributed by atoms with van der Waals surface area (Å²) in [6.45, 7) is 9.43. The summed E-state index contributed by atoms with van der Waals surface area (Å²) in [6.07, 6.45) is 0.706. The quantitative estimate of drug-likeness (QED) is 0.647. The summed E-state index contributed by atoms with van der Waals surface area (Å²) < 4.78 is 13.2. The van der Waals surface area contributed by atoms with Gasteiger partial charge in [-0.05, 0) is 31.7 Å². The van der Waals surface area contributed by atoms with Crippen molar-refractivity contribution >= 4 is 12.4 Å². The largest absolute Gasteiger partial charge is 0.311 e. The fourth-order valence-corrected chi connectivity index (χ4v) is 1.69. The smallest absolute Gasteiger partial charge is 0.103 e. The highest BCUT2D eigenvalue weighted by molar-refractivity contribution is 5.85. The summed E-state index contributed by atoms with van der Waals surface area (Å²) in [5, 5.41) is 3.43. The second kappa shape index (κ2) is 4.14. The topological polar surface area (TPSA) is 12.0 Å². The second-order valence-corrected chi connectivity index (χ2v) is 5.10. The average molecular weight is 210 g/mol. The predicted molar refractivity (Wildman–Crippen MR) is 57.2 cm³/mol. The van der Waals surface area contributed by atoms with Crippen LogP contribution in [-0.4, -0.2) is 18.3 Å². The summed E-state index contributed by atoms with van der Waals surface area (Å²) in [6, 6.07) is 0. The standard InChI is InChI=1S/C10H20FN.ClH/c1-9(2,3)10(4)7-8(11)5-6-12-10;/h8,12H,5-7H2,1-4H3;1H. The minimum atomic E-state index is -0.615. The van der Waals surface area contributed by atoms with Gasteiger partial charge in [0.2, 0.25) is 0 Å². The van der Waals surface area contributed by atoms with E-state index in [0.29, 0.717) is 12.8 Å². The van der Waals surface area contributed by atoms with Crippen molar-refractivity contribution in [3.8, 4) is 0 Å². The minimum absolute atomic E-state index is 0. The van der Waals surface area contributed by atoms with Gasteiger partial charge in [-0.1, -0.05) is 20.8 Å². The van der Waals surface area contributed by atoms with Gasteiger partial charge in [0.25, 0.3) is 0 Å². The second-order valence-electron chi connectivity index (χ2n) is 5.10. The Morgan fingerprint density at radius 1 is 1.38 bits per heavy atom. The molecule has 2 unspecified atom stereocenters. The van der Waals surface area contributed by atoms with Crippen LogP contribution in [0.2, 0.25) is 0 Å². The summed E-state index contributed by atoms with van der Waals surface area (Å²) in [5.74, 6) is 0. The maximum absolute atomic E-state index is 13.2. The molecule has 1 fully saturated rings. The van der Waals surface area contributed by atoms with Gasteiger partial charge in [-0.3, -0.25) is 0 Å². The number of hydrogen-bond donors (Lipinski definition) is 1. The van der Waals surface area contributed by atoms with Crippen LogP contribution in [0, 0.1) is 5.41 Å². The Kier molecular flexibility index (Phi) is 4.20. The van der Waals surface area contributed by atoms with Gasteiger partial charge in [0.1, 0.15) is 6.17 Å². The van der Waals surface area contributed by atoms with Gasteiger partial charge in [0.05, 0.1) is 0 Å². The molecule has 1 rings (SSSR count). The monoisotopic (exact) mass is 209 g/mol. The zero-order valence-electron chi connectivity index (χ0n) is 8.98. The molecular weight excluding hydrogens is 189 g/mol. The van der Waals surface area contributed by atoms with Crippen molar-refractivity contribution in [2.45, 2.75) is 52.2 Å². The number of piperidine rings is 1. The zero-order valence-corrected chi connectivity index (χ0v) is 9.80. The van der Waals surface area contributed by atoms with E-state index in [2.05, 4.69) is 33.0 Å². The Morgan fingerprint density at radius 2 is 1.92 bits per heavy atom. The van der Waals surface area contributed by atoms with Gasteiger partial charge in [-0.15, -0.1) is 12.4 Å². The number of rotatable bonds is 0. The Bertz CT molecular complexity index is 167. The van der Waals surface area contributed by atoms with Gasteiger partial charge < -0.3 is 5.32 Å². The fourth-order valence-electron chi connectivity index (χ4n) is 1.69. The summed E-state index contributed by atoms with van der Waals surface area (Å²) >= 11 is 0. The van der Waals surface area contributed by atoms with Crippen LogP contribution in [0.4, 0.5) is 4.39 Å².